The van der Waals surface area contributed by atoms with E-state index in [2.05, 4.69) is 9.88 Å². The fourth-order valence-corrected chi connectivity index (χ4v) is 3.19. The third-order valence-corrected chi connectivity index (χ3v) is 4.86. The molecule has 0 spiro atoms. The molecule has 0 unspecified atom stereocenters. The highest BCUT2D eigenvalue weighted by atomic mass is 19.4. The number of alkyl halides is 3. The first kappa shape index (κ1) is 20.1. The number of aromatic nitrogens is 1. The van der Waals surface area contributed by atoms with Crippen LogP contribution >= 0.6 is 0 Å². The van der Waals surface area contributed by atoms with Gasteiger partial charge in [-0.05, 0) is 30.7 Å². The Kier molecular flexibility index (Phi) is 6.18. The van der Waals surface area contributed by atoms with Gasteiger partial charge in [0, 0.05) is 45.1 Å². The van der Waals surface area contributed by atoms with Crippen molar-refractivity contribution in [3.63, 3.8) is 0 Å². The molecule has 0 bridgehead atoms. The van der Waals surface area contributed by atoms with Crippen LogP contribution in [0.4, 0.5) is 24.7 Å². The predicted molar refractivity (Wildman–Crippen MR) is 102 cm³/mol. The van der Waals surface area contributed by atoms with E-state index < -0.39 is 11.7 Å². The number of carbonyl (C=O) groups is 1. The van der Waals surface area contributed by atoms with E-state index in [0.29, 0.717) is 32.0 Å². The summed E-state index contributed by atoms with van der Waals surface area (Å²) in [5, 5.41) is 0. The number of nitrogens with zero attached hydrogens (tertiary/aromatic N) is 4. The largest absolute Gasteiger partial charge is 0.417 e. The van der Waals surface area contributed by atoms with Crippen molar-refractivity contribution in [2.75, 3.05) is 49.6 Å². The van der Waals surface area contributed by atoms with Gasteiger partial charge in [-0.3, -0.25) is 9.69 Å². The molecule has 1 aliphatic rings. The molecule has 1 saturated heterocycles. The van der Waals surface area contributed by atoms with Crippen LogP contribution in [-0.4, -0.2) is 55.6 Å². The number of rotatable bonds is 4. The summed E-state index contributed by atoms with van der Waals surface area (Å²) < 4.78 is 38.1. The number of amides is 1. The molecule has 1 amide bonds. The van der Waals surface area contributed by atoms with Crippen molar-refractivity contribution in [3.8, 4) is 0 Å². The maximum absolute atomic E-state index is 12.7. The molecule has 1 aromatic heterocycles. The highest BCUT2D eigenvalue weighted by Gasteiger charge is 2.31. The number of hydrogen-bond acceptors (Lipinski definition) is 4. The van der Waals surface area contributed by atoms with Gasteiger partial charge in [-0.15, -0.1) is 0 Å². The summed E-state index contributed by atoms with van der Waals surface area (Å²) in [4.78, 5) is 22.2. The second-order valence-corrected chi connectivity index (χ2v) is 6.81. The maximum Gasteiger partial charge on any atom is 0.417 e. The topological polar surface area (TPSA) is 39.7 Å². The summed E-state index contributed by atoms with van der Waals surface area (Å²) in [7, 11) is 1.76. The zero-order valence-electron chi connectivity index (χ0n) is 15.7. The SMILES string of the molecule is CN(C(=O)CN1CCCN(c2ccc(C(F)(F)F)cn2)CC1)c1ccccc1. The van der Waals surface area contributed by atoms with Crippen molar-refractivity contribution in [3.05, 3.63) is 54.2 Å². The van der Waals surface area contributed by atoms with Crippen LogP contribution in [0.5, 0.6) is 0 Å². The van der Waals surface area contributed by atoms with Gasteiger partial charge in [-0.1, -0.05) is 18.2 Å². The van der Waals surface area contributed by atoms with E-state index in [1.54, 1.807) is 11.9 Å². The van der Waals surface area contributed by atoms with Crippen molar-refractivity contribution >= 4 is 17.4 Å². The highest BCUT2D eigenvalue weighted by molar-refractivity contribution is 5.94. The second-order valence-electron chi connectivity index (χ2n) is 6.81. The van der Waals surface area contributed by atoms with Crippen molar-refractivity contribution in [1.29, 1.82) is 0 Å². The van der Waals surface area contributed by atoms with Crippen LogP contribution in [-0.2, 0) is 11.0 Å². The molecular weight excluding hydrogens is 369 g/mol. The van der Waals surface area contributed by atoms with Crippen molar-refractivity contribution in [2.45, 2.75) is 12.6 Å². The van der Waals surface area contributed by atoms with Gasteiger partial charge in [0.25, 0.3) is 0 Å². The van der Waals surface area contributed by atoms with Gasteiger partial charge in [-0.25, -0.2) is 4.98 Å². The van der Waals surface area contributed by atoms with E-state index in [0.717, 1.165) is 30.9 Å². The Morgan fingerprint density at radius 3 is 2.46 bits per heavy atom. The summed E-state index contributed by atoms with van der Waals surface area (Å²) >= 11 is 0. The van der Waals surface area contributed by atoms with Gasteiger partial charge < -0.3 is 9.80 Å². The lowest BCUT2D eigenvalue weighted by Crippen LogP contribution is -2.40. The average Bonchev–Trinajstić information content (AvgIpc) is 2.93. The molecule has 0 radical (unpaired) electrons. The lowest BCUT2D eigenvalue weighted by Gasteiger charge is -2.24. The smallest absolute Gasteiger partial charge is 0.355 e. The standard InChI is InChI=1S/C20H23F3N4O/c1-25(17-6-3-2-4-7-17)19(28)15-26-10-5-11-27(13-12-26)18-9-8-16(14-24-18)20(21,22)23/h2-4,6-9,14H,5,10-13,15H2,1H3. The summed E-state index contributed by atoms with van der Waals surface area (Å²) in [5.41, 5.74) is 0.0974. The second kappa shape index (κ2) is 8.60. The summed E-state index contributed by atoms with van der Waals surface area (Å²) in [5.74, 6) is 0.537. The minimum absolute atomic E-state index is 0.00676. The van der Waals surface area contributed by atoms with E-state index in [1.807, 2.05) is 35.2 Å². The van der Waals surface area contributed by atoms with Crippen LogP contribution in [0.1, 0.15) is 12.0 Å². The minimum atomic E-state index is -4.38. The monoisotopic (exact) mass is 392 g/mol. The summed E-state index contributed by atoms with van der Waals surface area (Å²) in [6.45, 7) is 3.01. The van der Waals surface area contributed by atoms with E-state index in [9.17, 15) is 18.0 Å². The lowest BCUT2D eigenvalue weighted by atomic mass is 10.2. The van der Waals surface area contributed by atoms with Crippen LogP contribution < -0.4 is 9.80 Å². The van der Waals surface area contributed by atoms with Gasteiger partial charge >= 0.3 is 6.18 Å². The van der Waals surface area contributed by atoms with Crippen LogP contribution in [0.2, 0.25) is 0 Å². The lowest BCUT2D eigenvalue weighted by molar-refractivity contribution is -0.137. The Morgan fingerprint density at radius 1 is 1.07 bits per heavy atom. The molecule has 5 nitrogen and oxygen atoms in total. The minimum Gasteiger partial charge on any atom is -0.355 e. The molecule has 2 aromatic rings. The van der Waals surface area contributed by atoms with E-state index in [-0.39, 0.29) is 5.91 Å². The van der Waals surface area contributed by atoms with Gasteiger partial charge in [-0.2, -0.15) is 13.2 Å². The molecule has 3 rings (SSSR count). The molecule has 0 saturated carbocycles. The van der Waals surface area contributed by atoms with Crippen molar-refractivity contribution < 1.29 is 18.0 Å². The normalized spacial score (nSPS) is 15.9. The number of likely N-dealkylation sites (N-methyl/N-ethyl adjacent to an activating group) is 1. The molecule has 28 heavy (non-hydrogen) atoms. The third-order valence-electron chi connectivity index (χ3n) is 4.86. The molecule has 150 valence electrons. The third kappa shape index (κ3) is 5.01. The predicted octanol–water partition coefficient (Wildman–Crippen LogP) is 3.28. The summed E-state index contributed by atoms with van der Waals surface area (Å²) in [6, 6.07) is 11.9. The fourth-order valence-electron chi connectivity index (χ4n) is 3.19. The zero-order chi connectivity index (χ0) is 20.1. The molecule has 1 fully saturated rings. The van der Waals surface area contributed by atoms with E-state index in [4.69, 9.17) is 0 Å². The maximum atomic E-state index is 12.7. The number of anilines is 2. The van der Waals surface area contributed by atoms with Crippen molar-refractivity contribution in [2.24, 2.45) is 0 Å². The zero-order valence-corrected chi connectivity index (χ0v) is 15.7. The molecule has 0 aliphatic carbocycles. The van der Waals surface area contributed by atoms with Crippen molar-refractivity contribution in [1.82, 2.24) is 9.88 Å². The number of carbonyl (C=O) groups excluding carboxylic acids is 1. The number of para-hydroxylation sites is 1. The van der Waals surface area contributed by atoms with Crippen LogP contribution in [0.15, 0.2) is 48.7 Å². The molecule has 1 aromatic carbocycles. The number of halogens is 3. The first-order valence-electron chi connectivity index (χ1n) is 9.17. The Hall–Kier alpha value is -2.61. The van der Waals surface area contributed by atoms with E-state index >= 15 is 0 Å². The van der Waals surface area contributed by atoms with Gasteiger partial charge in [0.2, 0.25) is 5.91 Å². The van der Waals surface area contributed by atoms with Gasteiger partial charge in [0.15, 0.2) is 0 Å². The van der Waals surface area contributed by atoms with Gasteiger partial charge in [0.1, 0.15) is 5.82 Å². The van der Waals surface area contributed by atoms with Gasteiger partial charge in [0.05, 0.1) is 12.1 Å². The highest BCUT2D eigenvalue weighted by Crippen LogP contribution is 2.29. The molecule has 8 heteroatoms. The fraction of sp³-hybridized carbons (Fsp3) is 0.400. The Bertz CT molecular complexity index is 780. The molecule has 2 heterocycles. The first-order chi connectivity index (χ1) is 13.3. The Morgan fingerprint density at radius 2 is 1.82 bits per heavy atom. The number of pyridine rings is 1. The average molecular weight is 392 g/mol. The van der Waals surface area contributed by atoms with Crippen LogP contribution in [0.25, 0.3) is 0 Å². The molecule has 1 aliphatic heterocycles. The molecule has 0 atom stereocenters. The van der Waals surface area contributed by atoms with E-state index in [1.165, 1.54) is 6.07 Å². The Balaban J connectivity index is 1.57. The quantitative estimate of drug-likeness (QED) is 0.801. The number of hydrogen-bond donors (Lipinski definition) is 0. The van der Waals surface area contributed by atoms with Crippen LogP contribution in [0, 0.1) is 0 Å². The Labute approximate surface area is 162 Å². The molecule has 0 N–H and O–H groups in total. The number of benzene rings is 1. The summed E-state index contributed by atoms with van der Waals surface area (Å²) in [6.07, 6.45) is -2.70. The first-order valence-corrected chi connectivity index (χ1v) is 9.17. The molecular formula is C20H23F3N4O. The van der Waals surface area contributed by atoms with Crippen LogP contribution in [0.3, 0.4) is 0 Å².